The van der Waals surface area contributed by atoms with Crippen LogP contribution in [0.2, 0.25) is 0 Å². The number of fused-ring (bicyclic) bond motifs is 1. The van der Waals surface area contributed by atoms with E-state index in [4.69, 9.17) is 4.74 Å². The molecule has 0 bridgehead atoms. The molecule has 0 atom stereocenters. The van der Waals surface area contributed by atoms with E-state index in [1.54, 1.807) is 25.4 Å². The van der Waals surface area contributed by atoms with Crippen molar-refractivity contribution in [2.45, 2.75) is 19.3 Å². The third-order valence-corrected chi connectivity index (χ3v) is 4.17. The van der Waals surface area contributed by atoms with Crippen LogP contribution in [0.4, 0.5) is 13.2 Å². The second-order valence-corrected chi connectivity index (χ2v) is 6.32. The van der Waals surface area contributed by atoms with Gasteiger partial charge in [-0.1, -0.05) is 36.4 Å². The van der Waals surface area contributed by atoms with Gasteiger partial charge in [-0.25, -0.2) is 0 Å². The molecule has 0 aliphatic heterocycles. The van der Waals surface area contributed by atoms with Crippen LogP contribution in [0.25, 0.3) is 10.9 Å². The van der Waals surface area contributed by atoms with Crippen molar-refractivity contribution in [3.8, 4) is 5.75 Å². The Bertz CT molecular complexity index is 973. The normalized spacial score (nSPS) is 11.7. The van der Waals surface area contributed by atoms with Gasteiger partial charge in [0.05, 0.1) is 5.52 Å². The summed E-state index contributed by atoms with van der Waals surface area (Å²) in [4.78, 5) is 8.63. The van der Waals surface area contributed by atoms with Gasteiger partial charge in [-0.3, -0.25) is 9.98 Å². The second kappa shape index (κ2) is 11.0. The van der Waals surface area contributed by atoms with Gasteiger partial charge in [-0.2, -0.15) is 13.2 Å². The monoisotopic (exact) mass is 530 g/mol. The molecule has 9 heteroatoms. The Morgan fingerprint density at radius 2 is 1.70 bits per heavy atom. The van der Waals surface area contributed by atoms with Crippen LogP contribution < -0.4 is 15.4 Å². The topological polar surface area (TPSA) is 58.5 Å². The van der Waals surface area contributed by atoms with Crippen molar-refractivity contribution < 1.29 is 17.9 Å². The third kappa shape index (κ3) is 7.05. The molecule has 2 aromatic carbocycles. The standard InChI is InChI=1S/C21H21F3N4O.HI/c1-25-20(28-13-17-5-2-4-16-6-3-11-26-19(16)17)27-12-15-7-9-18(10-8-15)29-14-21(22,23)24;/h2-11H,12-14H2,1H3,(H2,25,27,28);1H. The molecule has 0 amide bonds. The summed E-state index contributed by atoms with van der Waals surface area (Å²) in [6, 6.07) is 16.4. The highest BCUT2D eigenvalue weighted by molar-refractivity contribution is 14.0. The molecule has 0 saturated carbocycles. The number of guanidine groups is 1. The molecular weight excluding hydrogens is 508 g/mol. The highest BCUT2D eigenvalue weighted by Gasteiger charge is 2.28. The van der Waals surface area contributed by atoms with E-state index in [-0.39, 0.29) is 29.7 Å². The van der Waals surface area contributed by atoms with Crippen LogP contribution in [-0.2, 0) is 13.1 Å². The second-order valence-electron chi connectivity index (χ2n) is 6.32. The number of halogens is 4. The number of aromatic nitrogens is 1. The molecule has 0 spiro atoms. The van der Waals surface area contributed by atoms with Crippen LogP contribution in [-0.4, -0.2) is 30.8 Å². The summed E-state index contributed by atoms with van der Waals surface area (Å²) >= 11 is 0. The van der Waals surface area contributed by atoms with Gasteiger partial charge in [0, 0.05) is 31.7 Å². The van der Waals surface area contributed by atoms with E-state index in [1.807, 2.05) is 30.3 Å². The average molecular weight is 530 g/mol. The molecule has 1 aromatic heterocycles. The summed E-state index contributed by atoms with van der Waals surface area (Å²) in [5.41, 5.74) is 2.88. The van der Waals surface area contributed by atoms with E-state index in [0.717, 1.165) is 22.0 Å². The molecular formula is C21H22F3IN4O. The summed E-state index contributed by atoms with van der Waals surface area (Å²) in [6.07, 6.45) is -2.58. The minimum Gasteiger partial charge on any atom is -0.484 e. The van der Waals surface area contributed by atoms with Crippen LogP contribution in [0.3, 0.4) is 0 Å². The van der Waals surface area contributed by atoms with E-state index in [1.165, 1.54) is 12.1 Å². The maximum absolute atomic E-state index is 12.2. The van der Waals surface area contributed by atoms with Crippen molar-refractivity contribution in [2.24, 2.45) is 4.99 Å². The van der Waals surface area contributed by atoms with Gasteiger partial charge >= 0.3 is 6.18 Å². The largest absolute Gasteiger partial charge is 0.484 e. The van der Waals surface area contributed by atoms with Gasteiger partial charge in [0.2, 0.25) is 0 Å². The fraction of sp³-hybridized carbons (Fsp3) is 0.238. The van der Waals surface area contributed by atoms with Gasteiger partial charge in [0.25, 0.3) is 0 Å². The molecule has 5 nitrogen and oxygen atoms in total. The van der Waals surface area contributed by atoms with Crippen molar-refractivity contribution in [3.05, 3.63) is 71.9 Å². The summed E-state index contributed by atoms with van der Waals surface area (Å²) in [6.45, 7) is -0.282. The molecule has 0 aliphatic carbocycles. The lowest BCUT2D eigenvalue weighted by atomic mass is 10.1. The van der Waals surface area contributed by atoms with Gasteiger partial charge in [0.15, 0.2) is 12.6 Å². The first-order chi connectivity index (χ1) is 13.9. The SMILES string of the molecule is CN=C(NCc1ccc(OCC(F)(F)F)cc1)NCc1cccc2cccnc12.I. The number of hydrogen-bond acceptors (Lipinski definition) is 3. The minimum absolute atomic E-state index is 0. The lowest BCUT2D eigenvalue weighted by molar-refractivity contribution is -0.153. The van der Waals surface area contributed by atoms with Gasteiger partial charge < -0.3 is 15.4 Å². The molecule has 0 fully saturated rings. The lowest BCUT2D eigenvalue weighted by Crippen LogP contribution is -2.36. The molecule has 160 valence electrons. The van der Waals surface area contributed by atoms with E-state index in [2.05, 4.69) is 20.6 Å². The molecule has 0 saturated heterocycles. The first-order valence-corrected chi connectivity index (χ1v) is 9.00. The van der Waals surface area contributed by atoms with Crippen molar-refractivity contribution in [1.82, 2.24) is 15.6 Å². The Balaban J connectivity index is 0.00000320. The van der Waals surface area contributed by atoms with Crippen LogP contribution >= 0.6 is 24.0 Å². The van der Waals surface area contributed by atoms with E-state index < -0.39 is 12.8 Å². The summed E-state index contributed by atoms with van der Waals surface area (Å²) in [5, 5.41) is 7.49. The summed E-state index contributed by atoms with van der Waals surface area (Å²) in [7, 11) is 1.67. The van der Waals surface area contributed by atoms with Gasteiger partial charge in [0.1, 0.15) is 5.75 Å². The van der Waals surface area contributed by atoms with Gasteiger partial charge in [-0.15, -0.1) is 24.0 Å². The Kier molecular flexibility index (Phi) is 8.70. The van der Waals surface area contributed by atoms with Crippen molar-refractivity contribution in [2.75, 3.05) is 13.7 Å². The van der Waals surface area contributed by atoms with Crippen LogP contribution in [0.1, 0.15) is 11.1 Å². The molecule has 3 rings (SSSR count). The summed E-state index contributed by atoms with van der Waals surface area (Å²) < 4.78 is 41.3. The molecule has 30 heavy (non-hydrogen) atoms. The predicted molar refractivity (Wildman–Crippen MR) is 122 cm³/mol. The number of hydrogen-bond donors (Lipinski definition) is 2. The number of ether oxygens (including phenoxy) is 1. The summed E-state index contributed by atoms with van der Waals surface area (Å²) in [5.74, 6) is 0.785. The number of nitrogens with one attached hydrogen (secondary N) is 2. The molecule has 0 radical (unpaired) electrons. The number of benzene rings is 2. The highest BCUT2D eigenvalue weighted by Crippen LogP contribution is 2.19. The van der Waals surface area contributed by atoms with Crippen molar-refractivity contribution in [3.63, 3.8) is 0 Å². The van der Waals surface area contributed by atoms with E-state index in [9.17, 15) is 13.2 Å². The van der Waals surface area contributed by atoms with E-state index >= 15 is 0 Å². The van der Waals surface area contributed by atoms with E-state index in [0.29, 0.717) is 19.0 Å². The Morgan fingerprint density at radius 1 is 1.00 bits per heavy atom. The Morgan fingerprint density at radius 3 is 2.40 bits per heavy atom. The van der Waals surface area contributed by atoms with Crippen LogP contribution in [0, 0.1) is 0 Å². The highest BCUT2D eigenvalue weighted by atomic mass is 127. The van der Waals surface area contributed by atoms with Crippen molar-refractivity contribution >= 4 is 40.8 Å². The third-order valence-electron chi connectivity index (χ3n) is 4.17. The quantitative estimate of drug-likeness (QED) is 0.277. The number of nitrogens with zero attached hydrogens (tertiary/aromatic N) is 2. The first kappa shape index (κ1) is 23.7. The minimum atomic E-state index is -4.35. The predicted octanol–water partition coefficient (Wildman–Crippen LogP) is 4.66. The molecule has 2 N–H and O–H groups in total. The lowest BCUT2D eigenvalue weighted by Gasteiger charge is -2.13. The fourth-order valence-corrected chi connectivity index (χ4v) is 2.76. The molecule has 1 heterocycles. The number of alkyl halides is 3. The zero-order chi connectivity index (χ0) is 20.7. The fourth-order valence-electron chi connectivity index (χ4n) is 2.76. The Hall–Kier alpha value is -2.56. The number of para-hydroxylation sites is 1. The molecule has 3 aromatic rings. The van der Waals surface area contributed by atoms with Crippen LogP contribution in [0.15, 0.2) is 65.8 Å². The molecule has 0 unspecified atom stereocenters. The maximum Gasteiger partial charge on any atom is 0.422 e. The number of rotatable bonds is 6. The number of pyridine rings is 1. The smallest absolute Gasteiger partial charge is 0.422 e. The zero-order valence-electron chi connectivity index (χ0n) is 16.2. The van der Waals surface area contributed by atoms with Crippen molar-refractivity contribution in [1.29, 1.82) is 0 Å². The van der Waals surface area contributed by atoms with Gasteiger partial charge in [-0.05, 0) is 29.3 Å². The first-order valence-electron chi connectivity index (χ1n) is 9.00. The maximum atomic E-state index is 12.2. The van der Waals surface area contributed by atoms with Crippen LogP contribution in [0.5, 0.6) is 5.75 Å². The number of aliphatic imine (C=N–C) groups is 1. The average Bonchev–Trinajstić information content (AvgIpc) is 2.72. The molecule has 0 aliphatic rings. The zero-order valence-corrected chi connectivity index (χ0v) is 18.6. The Labute approximate surface area is 189 Å².